The Kier molecular flexibility index (Phi) is 1.84. The standard InChI is InChI=1S/C12H13N3/c1-9-4-6-10(7-5-9)12-11-3-2-8-15(11)14-13-12/h4-7H,2-3,8H2,1H3. The van der Waals surface area contributed by atoms with E-state index in [1.807, 2.05) is 4.68 Å². The first-order valence-corrected chi connectivity index (χ1v) is 5.34. The van der Waals surface area contributed by atoms with Crippen LogP contribution in [0.4, 0.5) is 0 Å². The highest BCUT2D eigenvalue weighted by Crippen LogP contribution is 2.25. The second-order valence-electron chi connectivity index (χ2n) is 4.08. The van der Waals surface area contributed by atoms with Crippen LogP contribution in [0.3, 0.4) is 0 Å². The van der Waals surface area contributed by atoms with Crippen molar-refractivity contribution in [2.45, 2.75) is 26.3 Å². The molecular formula is C12H13N3. The lowest BCUT2D eigenvalue weighted by atomic mass is 10.1. The van der Waals surface area contributed by atoms with Gasteiger partial charge in [0.05, 0.1) is 5.69 Å². The van der Waals surface area contributed by atoms with Crippen molar-refractivity contribution < 1.29 is 0 Å². The van der Waals surface area contributed by atoms with Crippen molar-refractivity contribution in [1.29, 1.82) is 0 Å². The molecule has 2 aromatic rings. The lowest BCUT2D eigenvalue weighted by molar-refractivity contribution is 0.623. The van der Waals surface area contributed by atoms with Gasteiger partial charge in [-0.15, -0.1) is 5.10 Å². The molecule has 0 fully saturated rings. The lowest BCUT2D eigenvalue weighted by Crippen LogP contribution is -1.93. The van der Waals surface area contributed by atoms with Crippen LogP contribution >= 0.6 is 0 Å². The molecule has 0 bridgehead atoms. The minimum Gasteiger partial charge on any atom is -0.249 e. The van der Waals surface area contributed by atoms with E-state index < -0.39 is 0 Å². The molecule has 0 spiro atoms. The summed E-state index contributed by atoms with van der Waals surface area (Å²) in [6, 6.07) is 8.49. The van der Waals surface area contributed by atoms with E-state index in [0.29, 0.717) is 0 Å². The number of hydrogen-bond donors (Lipinski definition) is 0. The summed E-state index contributed by atoms with van der Waals surface area (Å²) in [7, 11) is 0. The average molecular weight is 199 g/mol. The minimum absolute atomic E-state index is 1.02. The molecule has 0 amide bonds. The van der Waals surface area contributed by atoms with Gasteiger partial charge in [0.25, 0.3) is 0 Å². The highest BCUT2D eigenvalue weighted by Gasteiger charge is 2.18. The van der Waals surface area contributed by atoms with Crippen molar-refractivity contribution in [2.75, 3.05) is 0 Å². The predicted molar refractivity (Wildman–Crippen MR) is 58.5 cm³/mol. The zero-order valence-electron chi connectivity index (χ0n) is 8.77. The van der Waals surface area contributed by atoms with Crippen LogP contribution in [0.5, 0.6) is 0 Å². The number of benzene rings is 1. The number of aromatic nitrogens is 3. The zero-order chi connectivity index (χ0) is 10.3. The van der Waals surface area contributed by atoms with Crippen LogP contribution < -0.4 is 0 Å². The first kappa shape index (κ1) is 8.65. The molecule has 15 heavy (non-hydrogen) atoms. The number of hydrogen-bond acceptors (Lipinski definition) is 2. The second-order valence-corrected chi connectivity index (χ2v) is 4.08. The van der Waals surface area contributed by atoms with E-state index in [1.165, 1.54) is 23.2 Å². The maximum absolute atomic E-state index is 4.25. The van der Waals surface area contributed by atoms with E-state index in [1.54, 1.807) is 0 Å². The Labute approximate surface area is 88.7 Å². The molecule has 1 aliphatic rings. The summed E-state index contributed by atoms with van der Waals surface area (Å²) in [4.78, 5) is 0. The molecule has 76 valence electrons. The van der Waals surface area contributed by atoms with Gasteiger partial charge in [-0.25, -0.2) is 4.68 Å². The van der Waals surface area contributed by atoms with Crippen molar-refractivity contribution in [2.24, 2.45) is 0 Å². The molecule has 0 saturated carbocycles. The molecule has 1 aromatic heterocycles. The number of fused-ring (bicyclic) bond motifs is 1. The van der Waals surface area contributed by atoms with Gasteiger partial charge in [-0.2, -0.15) is 0 Å². The van der Waals surface area contributed by atoms with Gasteiger partial charge in [-0.1, -0.05) is 35.0 Å². The molecule has 0 atom stereocenters. The highest BCUT2D eigenvalue weighted by atomic mass is 15.4. The lowest BCUT2D eigenvalue weighted by Gasteiger charge is -1.99. The fraction of sp³-hybridized carbons (Fsp3) is 0.333. The van der Waals surface area contributed by atoms with Crippen molar-refractivity contribution >= 4 is 0 Å². The summed E-state index contributed by atoms with van der Waals surface area (Å²) in [5.41, 5.74) is 4.82. The normalized spacial score (nSPS) is 14.2. The Bertz CT molecular complexity index is 482. The van der Waals surface area contributed by atoms with Gasteiger partial charge in [0.15, 0.2) is 0 Å². The molecule has 0 aliphatic carbocycles. The summed E-state index contributed by atoms with van der Waals surface area (Å²) < 4.78 is 2.02. The monoisotopic (exact) mass is 199 g/mol. The van der Waals surface area contributed by atoms with Crippen LogP contribution in [0.1, 0.15) is 17.7 Å². The summed E-state index contributed by atoms with van der Waals surface area (Å²) >= 11 is 0. The Balaban J connectivity index is 2.09. The summed E-state index contributed by atoms with van der Waals surface area (Å²) in [5.74, 6) is 0. The highest BCUT2D eigenvalue weighted by molar-refractivity contribution is 5.61. The maximum Gasteiger partial charge on any atom is 0.116 e. The third-order valence-electron chi connectivity index (χ3n) is 2.95. The fourth-order valence-corrected chi connectivity index (χ4v) is 2.09. The van der Waals surface area contributed by atoms with Gasteiger partial charge in [0.2, 0.25) is 0 Å². The largest absolute Gasteiger partial charge is 0.249 e. The Morgan fingerprint density at radius 3 is 2.80 bits per heavy atom. The van der Waals surface area contributed by atoms with E-state index in [9.17, 15) is 0 Å². The van der Waals surface area contributed by atoms with Crippen molar-refractivity contribution in [3.8, 4) is 11.3 Å². The van der Waals surface area contributed by atoms with Gasteiger partial charge < -0.3 is 0 Å². The molecule has 2 heterocycles. The minimum atomic E-state index is 1.02. The summed E-state index contributed by atoms with van der Waals surface area (Å²) in [6.45, 7) is 3.12. The number of aryl methyl sites for hydroxylation is 2. The zero-order valence-corrected chi connectivity index (χ0v) is 8.77. The fourth-order valence-electron chi connectivity index (χ4n) is 2.09. The molecule has 1 aromatic carbocycles. The average Bonchev–Trinajstić information content (AvgIpc) is 2.80. The molecule has 0 N–H and O–H groups in total. The van der Waals surface area contributed by atoms with Crippen LogP contribution in [0.25, 0.3) is 11.3 Å². The number of nitrogens with zero attached hydrogens (tertiary/aromatic N) is 3. The summed E-state index contributed by atoms with van der Waals surface area (Å²) in [6.07, 6.45) is 2.31. The molecule has 0 unspecified atom stereocenters. The molecular weight excluding hydrogens is 186 g/mol. The Morgan fingerprint density at radius 2 is 2.00 bits per heavy atom. The molecule has 3 nitrogen and oxygen atoms in total. The Hall–Kier alpha value is -1.64. The van der Waals surface area contributed by atoms with Crippen LogP contribution in [0.15, 0.2) is 24.3 Å². The first-order valence-electron chi connectivity index (χ1n) is 5.34. The van der Waals surface area contributed by atoms with Gasteiger partial charge in [-0.05, 0) is 19.8 Å². The Morgan fingerprint density at radius 1 is 1.20 bits per heavy atom. The molecule has 0 saturated heterocycles. The molecule has 3 rings (SSSR count). The van der Waals surface area contributed by atoms with Gasteiger partial charge in [0, 0.05) is 12.1 Å². The van der Waals surface area contributed by atoms with Crippen molar-refractivity contribution in [3.63, 3.8) is 0 Å². The third-order valence-corrected chi connectivity index (χ3v) is 2.95. The molecule has 0 radical (unpaired) electrons. The summed E-state index contributed by atoms with van der Waals surface area (Å²) in [5, 5.41) is 8.41. The smallest absolute Gasteiger partial charge is 0.116 e. The molecule has 1 aliphatic heterocycles. The van der Waals surface area contributed by atoms with E-state index in [4.69, 9.17) is 0 Å². The van der Waals surface area contributed by atoms with Gasteiger partial charge in [-0.3, -0.25) is 0 Å². The van der Waals surface area contributed by atoms with Crippen LogP contribution in [0.2, 0.25) is 0 Å². The molecule has 3 heteroatoms. The van der Waals surface area contributed by atoms with Crippen LogP contribution in [0, 0.1) is 6.92 Å². The number of rotatable bonds is 1. The van der Waals surface area contributed by atoms with Crippen molar-refractivity contribution in [3.05, 3.63) is 35.5 Å². The van der Waals surface area contributed by atoms with Crippen LogP contribution in [-0.4, -0.2) is 15.0 Å². The van der Waals surface area contributed by atoms with Gasteiger partial charge >= 0.3 is 0 Å². The van der Waals surface area contributed by atoms with Gasteiger partial charge in [0.1, 0.15) is 5.69 Å². The van der Waals surface area contributed by atoms with E-state index in [-0.39, 0.29) is 0 Å². The predicted octanol–water partition coefficient (Wildman–Crippen LogP) is 2.20. The first-order chi connectivity index (χ1) is 7.34. The van der Waals surface area contributed by atoms with E-state index >= 15 is 0 Å². The maximum atomic E-state index is 4.25. The topological polar surface area (TPSA) is 30.7 Å². The van der Waals surface area contributed by atoms with E-state index in [2.05, 4.69) is 41.5 Å². The van der Waals surface area contributed by atoms with Crippen LogP contribution in [-0.2, 0) is 13.0 Å². The van der Waals surface area contributed by atoms with E-state index in [0.717, 1.165) is 18.7 Å². The quantitative estimate of drug-likeness (QED) is 0.705. The second kappa shape index (κ2) is 3.19. The third kappa shape index (κ3) is 1.35. The SMILES string of the molecule is Cc1ccc(-c2nnn3c2CCC3)cc1. The van der Waals surface area contributed by atoms with Crippen molar-refractivity contribution in [1.82, 2.24) is 15.0 Å².